The van der Waals surface area contributed by atoms with Gasteiger partial charge >= 0.3 is 5.97 Å². The maximum Gasteiger partial charge on any atom is 0.309 e. The van der Waals surface area contributed by atoms with Gasteiger partial charge in [0.2, 0.25) is 0 Å². The van der Waals surface area contributed by atoms with Crippen LogP contribution in [0.15, 0.2) is 24.3 Å². The van der Waals surface area contributed by atoms with Crippen LogP contribution in [-0.4, -0.2) is 25.5 Å². The number of carbonyl (C=O) groups excluding carboxylic acids is 2. The summed E-state index contributed by atoms with van der Waals surface area (Å²) in [5.41, 5.74) is 0.418. The van der Waals surface area contributed by atoms with Gasteiger partial charge in [0.25, 0.3) is 5.91 Å². The normalized spacial score (nSPS) is 21.6. The minimum Gasteiger partial charge on any atom is -0.469 e. The molecule has 0 saturated heterocycles. The molecule has 2 atom stereocenters. The second-order valence-corrected chi connectivity index (χ2v) is 5.39. The van der Waals surface area contributed by atoms with Crippen LogP contribution in [-0.2, 0) is 9.53 Å². The quantitative estimate of drug-likeness (QED) is 0.868. The van der Waals surface area contributed by atoms with E-state index in [1.54, 1.807) is 0 Å². The minimum absolute atomic E-state index is 0.107. The van der Waals surface area contributed by atoms with E-state index in [0.29, 0.717) is 12.1 Å². The van der Waals surface area contributed by atoms with Crippen LogP contribution in [0.5, 0.6) is 0 Å². The van der Waals surface area contributed by atoms with E-state index in [2.05, 4.69) is 5.32 Å². The Morgan fingerprint density at radius 3 is 2.57 bits per heavy atom. The number of esters is 1. The van der Waals surface area contributed by atoms with Crippen molar-refractivity contribution in [3.63, 3.8) is 0 Å². The number of rotatable bonds is 4. The second kappa shape index (κ2) is 7.20. The van der Waals surface area contributed by atoms with Crippen LogP contribution in [0.4, 0.5) is 4.39 Å². The Hall–Kier alpha value is -1.91. The molecule has 1 fully saturated rings. The molecular formula is C16H20FNO3. The summed E-state index contributed by atoms with van der Waals surface area (Å²) in [4.78, 5) is 23.7. The molecule has 1 aromatic carbocycles. The van der Waals surface area contributed by atoms with Gasteiger partial charge < -0.3 is 10.1 Å². The first-order valence-electron chi connectivity index (χ1n) is 7.23. The van der Waals surface area contributed by atoms with Crippen molar-refractivity contribution in [3.8, 4) is 0 Å². The molecule has 0 bridgehead atoms. The number of hydrogen-bond donors (Lipinski definition) is 1. The number of methoxy groups -OCH3 is 1. The van der Waals surface area contributed by atoms with Crippen LogP contribution in [0.3, 0.4) is 0 Å². The van der Waals surface area contributed by atoms with E-state index < -0.39 is 0 Å². The highest BCUT2D eigenvalue weighted by molar-refractivity contribution is 5.94. The maximum atomic E-state index is 12.8. The standard InChI is InChI=1S/C16H20FNO3/c1-21-16(20)14-5-3-2-4-12(14)10-18-15(19)11-6-8-13(17)9-7-11/h6-9,12,14H,2-5,10H2,1H3,(H,18,19). The van der Waals surface area contributed by atoms with Crippen LogP contribution >= 0.6 is 0 Å². The predicted octanol–water partition coefficient (Wildman–Crippen LogP) is 2.53. The lowest BCUT2D eigenvalue weighted by Crippen LogP contribution is -2.37. The fourth-order valence-corrected chi connectivity index (χ4v) is 2.84. The van der Waals surface area contributed by atoms with Gasteiger partial charge in [-0.2, -0.15) is 0 Å². The highest BCUT2D eigenvalue weighted by Crippen LogP contribution is 2.30. The maximum absolute atomic E-state index is 12.8. The van der Waals surface area contributed by atoms with Crippen molar-refractivity contribution in [3.05, 3.63) is 35.6 Å². The van der Waals surface area contributed by atoms with Crippen LogP contribution in [0.1, 0.15) is 36.0 Å². The highest BCUT2D eigenvalue weighted by Gasteiger charge is 2.31. The Labute approximate surface area is 123 Å². The van der Waals surface area contributed by atoms with Gasteiger partial charge in [-0.15, -0.1) is 0 Å². The van der Waals surface area contributed by atoms with Gasteiger partial charge in [-0.05, 0) is 43.0 Å². The van der Waals surface area contributed by atoms with Gasteiger partial charge in [-0.3, -0.25) is 9.59 Å². The van der Waals surface area contributed by atoms with E-state index in [4.69, 9.17) is 4.74 Å². The summed E-state index contributed by atoms with van der Waals surface area (Å²) in [7, 11) is 1.39. The molecule has 1 amide bonds. The van der Waals surface area contributed by atoms with Crippen molar-refractivity contribution < 1.29 is 18.7 Å². The fourth-order valence-electron chi connectivity index (χ4n) is 2.84. The minimum atomic E-state index is -0.371. The van der Waals surface area contributed by atoms with E-state index in [9.17, 15) is 14.0 Å². The second-order valence-electron chi connectivity index (χ2n) is 5.39. The van der Waals surface area contributed by atoms with Gasteiger partial charge in [0, 0.05) is 12.1 Å². The van der Waals surface area contributed by atoms with E-state index in [-0.39, 0.29) is 29.5 Å². The molecule has 114 valence electrons. The van der Waals surface area contributed by atoms with Crippen molar-refractivity contribution in [2.45, 2.75) is 25.7 Å². The fraction of sp³-hybridized carbons (Fsp3) is 0.500. The Morgan fingerprint density at radius 1 is 1.24 bits per heavy atom. The number of halogens is 1. The average Bonchev–Trinajstić information content (AvgIpc) is 2.52. The van der Waals surface area contributed by atoms with Gasteiger partial charge in [0.1, 0.15) is 5.82 Å². The summed E-state index contributed by atoms with van der Waals surface area (Å²) in [6.45, 7) is 0.440. The SMILES string of the molecule is COC(=O)C1CCCCC1CNC(=O)c1ccc(F)cc1. The van der Waals surface area contributed by atoms with Gasteiger partial charge in [0.15, 0.2) is 0 Å². The molecule has 0 aliphatic heterocycles. The summed E-state index contributed by atoms with van der Waals surface area (Å²) >= 11 is 0. The molecule has 1 aliphatic carbocycles. The zero-order chi connectivity index (χ0) is 15.2. The molecule has 0 heterocycles. The van der Waals surface area contributed by atoms with Gasteiger partial charge in [-0.25, -0.2) is 4.39 Å². The van der Waals surface area contributed by atoms with Crippen LogP contribution in [0.25, 0.3) is 0 Å². The summed E-state index contributed by atoms with van der Waals surface area (Å²) in [5, 5.41) is 2.83. The molecular weight excluding hydrogens is 273 g/mol. The molecule has 2 unspecified atom stereocenters. The summed E-state index contributed by atoms with van der Waals surface area (Å²) in [6.07, 6.45) is 3.79. The Kier molecular flexibility index (Phi) is 5.31. The van der Waals surface area contributed by atoms with Crippen LogP contribution < -0.4 is 5.32 Å². The first-order valence-corrected chi connectivity index (χ1v) is 7.23. The van der Waals surface area contributed by atoms with E-state index in [0.717, 1.165) is 25.7 Å². The van der Waals surface area contributed by atoms with E-state index in [1.807, 2.05) is 0 Å². The van der Waals surface area contributed by atoms with Crippen LogP contribution in [0, 0.1) is 17.7 Å². The molecule has 1 aliphatic rings. The van der Waals surface area contributed by atoms with Crippen molar-refractivity contribution >= 4 is 11.9 Å². The Bertz CT molecular complexity index is 501. The zero-order valence-corrected chi connectivity index (χ0v) is 12.1. The number of hydrogen-bond acceptors (Lipinski definition) is 3. The smallest absolute Gasteiger partial charge is 0.309 e. The molecule has 0 radical (unpaired) electrons. The average molecular weight is 293 g/mol. The number of nitrogens with one attached hydrogen (secondary N) is 1. The summed E-state index contributed by atoms with van der Waals surface area (Å²) in [6, 6.07) is 5.41. The third kappa shape index (κ3) is 4.03. The Morgan fingerprint density at radius 2 is 1.90 bits per heavy atom. The van der Waals surface area contributed by atoms with Crippen molar-refractivity contribution in [2.24, 2.45) is 11.8 Å². The van der Waals surface area contributed by atoms with Gasteiger partial charge in [0.05, 0.1) is 13.0 Å². The lowest BCUT2D eigenvalue weighted by atomic mass is 9.79. The largest absolute Gasteiger partial charge is 0.469 e. The highest BCUT2D eigenvalue weighted by atomic mass is 19.1. The zero-order valence-electron chi connectivity index (χ0n) is 12.1. The molecule has 1 N–H and O–H groups in total. The van der Waals surface area contributed by atoms with E-state index in [1.165, 1.54) is 31.4 Å². The first-order chi connectivity index (χ1) is 10.1. The van der Waals surface area contributed by atoms with Gasteiger partial charge in [-0.1, -0.05) is 12.8 Å². The topological polar surface area (TPSA) is 55.4 Å². The van der Waals surface area contributed by atoms with Crippen molar-refractivity contribution in [1.29, 1.82) is 0 Å². The number of ether oxygens (including phenoxy) is 1. The lowest BCUT2D eigenvalue weighted by molar-refractivity contribution is -0.148. The molecule has 1 aromatic rings. The third-order valence-corrected chi connectivity index (χ3v) is 4.04. The number of carbonyl (C=O) groups is 2. The molecule has 21 heavy (non-hydrogen) atoms. The molecule has 2 rings (SSSR count). The van der Waals surface area contributed by atoms with Crippen molar-refractivity contribution in [2.75, 3.05) is 13.7 Å². The number of benzene rings is 1. The monoisotopic (exact) mass is 293 g/mol. The molecule has 0 aromatic heterocycles. The molecule has 1 saturated carbocycles. The first kappa shape index (κ1) is 15.5. The Balaban J connectivity index is 1.92. The van der Waals surface area contributed by atoms with Crippen molar-refractivity contribution in [1.82, 2.24) is 5.32 Å². The molecule has 4 nitrogen and oxygen atoms in total. The lowest BCUT2D eigenvalue weighted by Gasteiger charge is -2.29. The predicted molar refractivity (Wildman–Crippen MR) is 76.2 cm³/mol. The third-order valence-electron chi connectivity index (χ3n) is 4.04. The summed E-state index contributed by atoms with van der Waals surface area (Å²) < 4.78 is 17.7. The molecule has 0 spiro atoms. The molecule has 5 heteroatoms. The summed E-state index contributed by atoms with van der Waals surface area (Å²) in [5.74, 6) is -0.850. The number of amides is 1. The van der Waals surface area contributed by atoms with E-state index >= 15 is 0 Å². The van der Waals surface area contributed by atoms with Crippen LogP contribution in [0.2, 0.25) is 0 Å².